The molecule has 1 N–H and O–H groups in total. The number of benzene rings is 2. The molecule has 5 nitrogen and oxygen atoms in total. The molecule has 0 aromatic heterocycles. The summed E-state index contributed by atoms with van der Waals surface area (Å²) < 4.78 is 10.9. The zero-order chi connectivity index (χ0) is 15.9. The van der Waals surface area contributed by atoms with Crippen molar-refractivity contribution in [3.05, 3.63) is 59.7 Å². The maximum Gasteiger partial charge on any atom is 0.335 e. The largest absolute Gasteiger partial charge is 0.490 e. The SMILES string of the molecule is CC(=O)c1ccc(OCCOc2ccc(C(=O)O)cc2)cc1. The highest BCUT2D eigenvalue weighted by Crippen LogP contribution is 2.14. The van der Waals surface area contributed by atoms with E-state index in [0.717, 1.165) is 0 Å². The fourth-order valence-electron chi connectivity index (χ4n) is 1.80. The van der Waals surface area contributed by atoms with Crippen LogP contribution in [0.2, 0.25) is 0 Å². The van der Waals surface area contributed by atoms with Gasteiger partial charge in [-0.1, -0.05) is 0 Å². The molecule has 114 valence electrons. The van der Waals surface area contributed by atoms with Crippen molar-refractivity contribution in [1.82, 2.24) is 0 Å². The molecule has 0 fully saturated rings. The van der Waals surface area contributed by atoms with Gasteiger partial charge in [0.2, 0.25) is 0 Å². The van der Waals surface area contributed by atoms with Gasteiger partial charge >= 0.3 is 5.97 Å². The molecule has 0 heterocycles. The highest BCUT2D eigenvalue weighted by Gasteiger charge is 2.02. The van der Waals surface area contributed by atoms with Gasteiger partial charge in [0.05, 0.1) is 5.56 Å². The predicted molar refractivity (Wildman–Crippen MR) is 80.8 cm³/mol. The molecule has 2 rings (SSSR count). The van der Waals surface area contributed by atoms with Crippen LogP contribution in [0.4, 0.5) is 0 Å². The lowest BCUT2D eigenvalue weighted by molar-refractivity contribution is 0.0696. The van der Waals surface area contributed by atoms with E-state index in [9.17, 15) is 9.59 Å². The lowest BCUT2D eigenvalue weighted by atomic mass is 10.1. The van der Waals surface area contributed by atoms with Gasteiger partial charge in [-0.2, -0.15) is 0 Å². The van der Waals surface area contributed by atoms with E-state index < -0.39 is 5.97 Å². The Kier molecular flexibility index (Phi) is 5.14. The summed E-state index contributed by atoms with van der Waals surface area (Å²) in [7, 11) is 0. The minimum atomic E-state index is -0.969. The van der Waals surface area contributed by atoms with E-state index in [4.69, 9.17) is 14.6 Å². The Morgan fingerprint density at radius 3 is 1.59 bits per heavy atom. The van der Waals surface area contributed by atoms with Gasteiger partial charge in [-0.3, -0.25) is 4.79 Å². The zero-order valence-electron chi connectivity index (χ0n) is 12.1. The van der Waals surface area contributed by atoms with E-state index in [1.807, 2.05) is 0 Å². The van der Waals surface area contributed by atoms with Crippen LogP contribution in [0.15, 0.2) is 48.5 Å². The first-order valence-electron chi connectivity index (χ1n) is 6.76. The molecule has 0 aliphatic carbocycles. The number of carboxylic acid groups (broad SMARTS) is 1. The third-order valence-corrected chi connectivity index (χ3v) is 2.98. The van der Waals surface area contributed by atoms with Gasteiger partial charge in [0, 0.05) is 5.56 Å². The summed E-state index contributed by atoms with van der Waals surface area (Å²) in [5, 5.41) is 8.79. The number of Topliss-reactive ketones (excluding diaryl/α,β-unsaturated/α-hetero) is 1. The number of rotatable bonds is 7. The molecular weight excluding hydrogens is 284 g/mol. The van der Waals surface area contributed by atoms with Crippen molar-refractivity contribution < 1.29 is 24.2 Å². The molecule has 0 saturated heterocycles. The highest BCUT2D eigenvalue weighted by atomic mass is 16.5. The van der Waals surface area contributed by atoms with Crippen molar-refractivity contribution in [2.24, 2.45) is 0 Å². The molecule has 22 heavy (non-hydrogen) atoms. The summed E-state index contributed by atoms with van der Waals surface area (Å²) in [6.45, 7) is 2.19. The smallest absolute Gasteiger partial charge is 0.335 e. The Morgan fingerprint density at radius 1 is 0.818 bits per heavy atom. The quantitative estimate of drug-likeness (QED) is 0.628. The Bertz CT molecular complexity index is 584. The van der Waals surface area contributed by atoms with Crippen molar-refractivity contribution in [2.75, 3.05) is 13.2 Å². The number of carboxylic acids is 1. The third-order valence-electron chi connectivity index (χ3n) is 2.98. The van der Waals surface area contributed by atoms with Gasteiger partial charge in [0.15, 0.2) is 5.78 Å². The van der Waals surface area contributed by atoms with Crippen LogP contribution >= 0.6 is 0 Å². The Labute approximate surface area is 128 Å². The van der Waals surface area contributed by atoms with E-state index >= 15 is 0 Å². The summed E-state index contributed by atoms with van der Waals surface area (Å²) >= 11 is 0. The third kappa shape index (κ3) is 4.34. The normalized spacial score (nSPS) is 10.0. The number of hydrogen-bond donors (Lipinski definition) is 1. The lowest BCUT2D eigenvalue weighted by Gasteiger charge is -2.09. The molecule has 0 bridgehead atoms. The van der Waals surface area contributed by atoms with Crippen LogP contribution in [0.5, 0.6) is 11.5 Å². The number of carbonyl (C=O) groups excluding carboxylic acids is 1. The topological polar surface area (TPSA) is 72.8 Å². The fraction of sp³-hybridized carbons (Fsp3) is 0.176. The lowest BCUT2D eigenvalue weighted by Crippen LogP contribution is -2.09. The second-order valence-corrected chi connectivity index (χ2v) is 4.61. The maximum atomic E-state index is 11.1. The van der Waals surface area contributed by atoms with Gasteiger partial charge in [-0.05, 0) is 55.5 Å². The average molecular weight is 300 g/mol. The Hall–Kier alpha value is -2.82. The summed E-state index contributed by atoms with van der Waals surface area (Å²) in [5.74, 6) is 0.291. The van der Waals surface area contributed by atoms with Gasteiger partial charge in [-0.25, -0.2) is 4.79 Å². The number of hydrogen-bond acceptors (Lipinski definition) is 4. The van der Waals surface area contributed by atoms with Crippen molar-refractivity contribution in [3.63, 3.8) is 0 Å². The second kappa shape index (κ2) is 7.26. The van der Waals surface area contributed by atoms with Crippen molar-refractivity contribution in [1.29, 1.82) is 0 Å². The minimum Gasteiger partial charge on any atom is -0.490 e. The van der Waals surface area contributed by atoms with Crippen LogP contribution in [0.3, 0.4) is 0 Å². The Morgan fingerprint density at radius 2 is 1.23 bits per heavy atom. The number of ketones is 1. The number of carbonyl (C=O) groups is 2. The summed E-state index contributed by atoms with van der Waals surface area (Å²) in [6, 6.07) is 13.1. The summed E-state index contributed by atoms with van der Waals surface area (Å²) in [5.41, 5.74) is 0.858. The molecule has 0 atom stereocenters. The average Bonchev–Trinajstić information content (AvgIpc) is 2.52. The van der Waals surface area contributed by atoms with Gasteiger partial charge in [0.1, 0.15) is 24.7 Å². The Balaban J connectivity index is 1.77. The first-order valence-corrected chi connectivity index (χ1v) is 6.76. The molecule has 5 heteroatoms. The maximum absolute atomic E-state index is 11.1. The molecule has 2 aromatic carbocycles. The van der Waals surface area contributed by atoms with E-state index in [-0.39, 0.29) is 11.3 Å². The van der Waals surface area contributed by atoms with Crippen LogP contribution < -0.4 is 9.47 Å². The predicted octanol–water partition coefficient (Wildman–Crippen LogP) is 3.05. The molecule has 0 unspecified atom stereocenters. The number of ether oxygens (including phenoxy) is 2. The van der Waals surface area contributed by atoms with Crippen LogP contribution in [0.1, 0.15) is 27.6 Å². The van der Waals surface area contributed by atoms with Crippen LogP contribution in [0.25, 0.3) is 0 Å². The summed E-state index contributed by atoms with van der Waals surface area (Å²) in [4.78, 5) is 21.9. The molecule has 0 amide bonds. The molecule has 0 aliphatic rings. The van der Waals surface area contributed by atoms with Gasteiger partial charge < -0.3 is 14.6 Å². The molecule has 0 radical (unpaired) electrons. The molecule has 0 aliphatic heterocycles. The van der Waals surface area contributed by atoms with E-state index in [0.29, 0.717) is 30.3 Å². The minimum absolute atomic E-state index is 0.0136. The van der Waals surface area contributed by atoms with Crippen LogP contribution in [-0.2, 0) is 0 Å². The molecule has 0 saturated carbocycles. The van der Waals surface area contributed by atoms with E-state index in [1.165, 1.54) is 19.1 Å². The van der Waals surface area contributed by atoms with Crippen molar-refractivity contribution >= 4 is 11.8 Å². The first-order chi connectivity index (χ1) is 10.6. The second-order valence-electron chi connectivity index (χ2n) is 4.61. The van der Waals surface area contributed by atoms with E-state index in [2.05, 4.69) is 0 Å². The standard InChI is InChI=1S/C17H16O5/c1-12(18)13-2-6-15(7-3-13)21-10-11-22-16-8-4-14(5-9-16)17(19)20/h2-9H,10-11H2,1H3,(H,19,20). The van der Waals surface area contributed by atoms with Crippen molar-refractivity contribution in [2.45, 2.75) is 6.92 Å². The highest BCUT2D eigenvalue weighted by molar-refractivity contribution is 5.94. The fourth-order valence-corrected chi connectivity index (χ4v) is 1.80. The van der Waals surface area contributed by atoms with Crippen LogP contribution in [0, 0.1) is 0 Å². The van der Waals surface area contributed by atoms with Gasteiger partial charge in [0.25, 0.3) is 0 Å². The molecule has 0 spiro atoms. The molecular formula is C17H16O5. The van der Waals surface area contributed by atoms with Crippen molar-refractivity contribution in [3.8, 4) is 11.5 Å². The van der Waals surface area contributed by atoms with E-state index in [1.54, 1.807) is 36.4 Å². The van der Waals surface area contributed by atoms with Crippen LogP contribution in [-0.4, -0.2) is 30.1 Å². The van der Waals surface area contributed by atoms with Gasteiger partial charge in [-0.15, -0.1) is 0 Å². The zero-order valence-corrected chi connectivity index (χ0v) is 12.1. The monoisotopic (exact) mass is 300 g/mol. The number of aromatic carboxylic acids is 1. The summed E-state index contributed by atoms with van der Waals surface area (Å²) in [6.07, 6.45) is 0. The first kappa shape index (κ1) is 15.6. The molecule has 2 aromatic rings.